The molecule has 2 aliphatic heterocycles. The largest absolute Gasteiger partial charge is 0.311 e. The van der Waals surface area contributed by atoms with Crippen LogP contribution in [-0.4, -0.2) is 6.71 Å². The zero-order valence-corrected chi connectivity index (χ0v) is 51.5. The van der Waals surface area contributed by atoms with Crippen molar-refractivity contribution in [1.29, 1.82) is 0 Å². The van der Waals surface area contributed by atoms with E-state index >= 15 is 0 Å². The van der Waals surface area contributed by atoms with Gasteiger partial charge in [-0.3, -0.25) is 0 Å². The molecule has 0 atom stereocenters. The molecule has 0 saturated heterocycles. The van der Waals surface area contributed by atoms with Gasteiger partial charge in [0.15, 0.2) is 0 Å². The first-order chi connectivity index (χ1) is 38.3. The Kier molecular flexibility index (Phi) is 12.3. The molecule has 81 heavy (non-hydrogen) atoms. The number of thiophene rings is 1. The summed E-state index contributed by atoms with van der Waals surface area (Å²) in [5.41, 5.74) is 28.4. The second kappa shape index (κ2) is 18.7. The number of fused-ring (bicyclic) bond motifs is 10. The SMILES string of the molecule is CC(C)(C)c1ccc(-c2cc(-c3ccc(C(C)(C)C)cc3)cc(-c3cc4c5c(c3)N(c3ccc(C(C)(C)C)cc3)c3c(ccc6sc7c8c(ccc7c36)CCC8)B5c3cc(C(C)(C)C)ccc3N4c3ccc(C(C)(C)C)cc3)c2)cc1. The first kappa shape index (κ1) is 53.2. The van der Waals surface area contributed by atoms with Gasteiger partial charge >= 0.3 is 0 Å². The average Bonchev–Trinajstić information content (AvgIpc) is 2.60. The van der Waals surface area contributed by atoms with Crippen molar-refractivity contribution in [3.8, 4) is 33.4 Å². The normalized spacial score (nSPS) is 14.4. The molecule has 0 fully saturated rings. The molecule has 10 aromatic rings. The van der Waals surface area contributed by atoms with E-state index in [1.165, 1.54) is 145 Å². The third-order valence-electron chi connectivity index (χ3n) is 18.2. The van der Waals surface area contributed by atoms with Crippen LogP contribution in [0.4, 0.5) is 34.1 Å². The summed E-state index contributed by atoms with van der Waals surface area (Å²) in [6.07, 6.45) is 3.54. The molecule has 0 amide bonds. The molecule has 0 bridgehead atoms. The molecule has 0 unspecified atom stereocenters. The third kappa shape index (κ3) is 9.16. The highest BCUT2D eigenvalue weighted by Gasteiger charge is 2.45. The van der Waals surface area contributed by atoms with Gasteiger partial charge in [-0.25, -0.2) is 0 Å². The number of hydrogen-bond acceptors (Lipinski definition) is 3. The van der Waals surface area contributed by atoms with Crippen molar-refractivity contribution in [2.24, 2.45) is 0 Å². The highest BCUT2D eigenvalue weighted by molar-refractivity contribution is 7.26. The molecule has 0 saturated carbocycles. The van der Waals surface area contributed by atoms with E-state index in [4.69, 9.17) is 0 Å². The van der Waals surface area contributed by atoms with E-state index in [2.05, 4.69) is 284 Å². The van der Waals surface area contributed by atoms with E-state index in [0.29, 0.717) is 0 Å². The number of rotatable bonds is 5. The van der Waals surface area contributed by atoms with Gasteiger partial charge in [0.05, 0.1) is 5.69 Å². The maximum absolute atomic E-state index is 2.70. The van der Waals surface area contributed by atoms with Crippen molar-refractivity contribution in [2.45, 2.75) is 150 Å². The topological polar surface area (TPSA) is 6.48 Å². The van der Waals surface area contributed by atoms with Crippen molar-refractivity contribution in [3.05, 3.63) is 209 Å². The van der Waals surface area contributed by atoms with E-state index in [-0.39, 0.29) is 33.8 Å². The smallest absolute Gasteiger partial charge is 0.252 e. The van der Waals surface area contributed by atoms with Crippen LogP contribution in [0.25, 0.3) is 53.6 Å². The number of anilines is 6. The number of nitrogens with zero attached hydrogens (tertiary/aromatic N) is 2. The average molecular weight is 1080 g/mol. The van der Waals surface area contributed by atoms with Gasteiger partial charge in [-0.05, 0) is 202 Å². The predicted octanol–water partition coefficient (Wildman–Crippen LogP) is 20.1. The van der Waals surface area contributed by atoms with E-state index in [1.807, 2.05) is 11.3 Å². The van der Waals surface area contributed by atoms with Crippen LogP contribution in [0.2, 0.25) is 0 Å². The number of aryl methyl sites for hydroxylation is 2. The maximum Gasteiger partial charge on any atom is 0.252 e. The Hall–Kier alpha value is -7.14. The summed E-state index contributed by atoms with van der Waals surface area (Å²) >= 11 is 2.01. The van der Waals surface area contributed by atoms with Crippen LogP contribution in [0.3, 0.4) is 0 Å². The van der Waals surface area contributed by atoms with Crippen molar-refractivity contribution in [1.82, 2.24) is 0 Å². The van der Waals surface area contributed by atoms with Gasteiger partial charge in [-0.2, -0.15) is 0 Å². The van der Waals surface area contributed by atoms with Gasteiger partial charge in [0.25, 0.3) is 6.71 Å². The minimum atomic E-state index is -0.0593. The molecule has 3 aliphatic rings. The molecule has 2 nitrogen and oxygen atoms in total. The molecule has 1 aromatic heterocycles. The van der Waals surface area contributed by atoms with Crippen molar-refractivity contribution >= 4 is 88.7 Å². The molecule has 1 aliphatic carbocycles. The van der Waals surface area contributed by atoms with E-state index in [1.54, 1.807) is 5.56 Å². The monoisotopic (exact) mass is 1070 g/mol. The Morgan fingerprint density at radius 3 is 1.32 bits per heavy atom. The summed E-state index contributed by atoms with van der Waals surface area (Å²) in [4.78, 5) is 5.31. The second-order valence-electron chi connectivity index (χ2n) is 29.0. The number of hydrogen-bond donors (Lipinski definition) is 0. The summed E-state index contributed by atoms with van der Waals surface area (Å²) in [5.74, 6) is 0. The Labute approximate surface area is 488 Å². The van der Waals surface area contributed by atoms with E-state index in [0.717, 1.165) is 12.1 Å². The van der Waals surface area contributed by atoms with Crippen LogP contribution >= 0.6 is 11.3 Å². The van der Waals surface area contributed by atoms with Crippen molar-refractivity contribution in [3.63, 3.8) is 0 Å². The fourth-order valence-electron chi connectivity index (χ4n) is 13.3. The lowest BCUT2D eigenvalue weighted by Crippen LogP contribution is -2.61. The summed E-state index contributed by atoms with van der Waals surface area (Å²) in [5, 5.41) is 2.76. The lowest BCUT2D eigenvalue weighted by molar-refractivity contribution is 0.590. The van der Waals surface area contributed by atoms with Crippen LogP contribution in [0.1, 0.15) is 149 Å². The fraction of sp³-hybridized carbons (Fsp3) is 0.299. The summed E-state index contributed by atoms with van der Waals surface area (Å²) in [7, 11) is 0. The van der Waals surface area contributed by atoms with Gasteiger partial charge < -0.3 is 9.80 Å². The van der Waals surface area contributed by atoms with E-state index < -0.39 is 0 Å². The van der Waals surface area contributed by atoms with Crippen LogP contribution in [0, 0.1) is 0 Å². The minimum Gasteiger partial charge on any atom is -0.311 e. The third-order valence-corrected chi connectivity index (χ3v) is 19.4. The van der Waals surface area contributed by atoms with Gasteiger partial charge in [0, 0.05) is 48.6 Å². The van der Waals surface area contributed by atoms with Crippen molar-refractivity contribution in [2.75, 3.05) is 9.80 Å². The molecule has 9 aromatic carbocycles. The number of benzene rings is 9. The van der Waals surface area contributed by atoms with Crippen LogP contribution < -0.4 is 26.2 Å². The van der Waals surface area contributed by atoms with Gasteiger partial charge in [-0.1, -0.05) is 207 Å². The molecule has 406 valence electrons. The molecule has 0 radical (unpaired) electrons. The molecule has 3 heterocycles. The Bertz CT molecular complexity index is 4050. The Morgan fingerprint density at radius 2 is 0.815 bits per heavy atom. The standard InChI is InChI=1S/C77H79BN2S/c1-73(2,3)54-24-19-47(20-25-54)50-41-51(48-21-26-55(27-22-48)74(4,5)6)43-52(42-50)53-44-66-70-67(45-53)80(60-35-30-57(31-36-60)76(10,11)12)71-63(38-40-68-69(71)62-37-23-49-17-16-18-61(49)72(62)81-68)78(70)64-46-58(77(13,14)15)32-39-65(64)79(66)59-33-28-56(29-34-59)75(7,8)9/h19-46H,16-18H2,1-15H3. The van der Waals surface area contributed by atoms with Gasteiger partial charge in [0.2, 0.25) is 0 Å². The van der Waals surface area contributed by atoms with Crippen LogP contribution in [0.5, 0.6) is 0 Å². The zero-order valence-electron chi connectivity index (χ0n) is 50.7. The van der Waals surface area contributed by atoms with Crippen molar-refractivity contribution < 1.29 is 0 Å². The molecular formula is C77H79BN2S. The Balaban J connectivity index is 1.15. The van der Waals surface area contributed by atoms with Crippen LogP contribution in [-0.2, 0) is 39.9 Å². The lowest BCUT2D eigenvalue weighted by atomic mass is 9.33. The Morgan fingerprint density at radius 1 is 0.370 bits per heavy atom. The summed E-state index contributed by atoms with van der Waals surface area (Å²) < 4.78 is 2.82. The van der Waals surface area contributed by atoms with E-state index in [9.17, 15) is 0 Å². The second-order valence-corrected chi connectivity index (χ2v) is 30.1. The quantitative estimate of drug-likeness (QED) is 0.159. The first-order valence-corrected chi connectivity index (χ1v) is 30.6. The van der Waals surface area contributed by atoms with Gasteiger partial charge in [-0.15, -0.1) is 11.3 Å². The predicted molar refractivity (Wildman–Crippen MR) is 355 cm³/mol. The summed E-state index contributed by atoms with van der Waals surface area (Å²) in [6.45, 7) is 34.8. The minimum absolute atomic E-state index is 0.0000841. The lowest BCUT2D eigenvalue weighted by Gasteiger charge is -2.45. The molecule has 4 heteroatoms. The molecule has 0 N–H and O–H groups in total. The zero-order chi connectivity index (χ0) is 56.9. The van der Waals surface area contributed by atoms with Gasteiger partial charge in [0.1, 0.15) is 0 Å². The highest BCUT2D eigenvalue weighted by atomic mass is 32.1. The first-order valence-electron chi connectivity index (χ1n) is 29.8. The molecular weight excluding hydrogens is 996 g/mol. The fourth-order valence-corrected chi connectivity index (χ4v) is 14.6. The molecule has 13 rings (SSSR count). The molecule has 0 spiro atoms. The maximum atomic E-state index is 2.70. The van der Waals surface area contributed by atoms with Crippen LogP contribution in [0.15, 0.2) is 170 Å². The highest BCUT2D eigenvalue weighted by Crippen LogP contribution is 2.52. The summed E-state index contributed by atoms with van der Waals surface area (Å²) in [6, 6.07) is 67.5.